The molecule has 0 N–H and O–H groups in total. The highest BCUT2D eigenvalue weighted by Crippen LogP contribution is 2.42. The van der Waals surface area contributed by atoms with Crippen molar-refractivity contribution < 1.29 is 4.39 Å². The number of anilines is 3. The van der Waals surface area contributed by atoms with Crippen LogP contribution < -0.4 is 4.90 Å². The van der Waals surface area contributed by atoms with Crippen LogP contribution in [-0.4, -0.2) is 9.13 Å². The Hall–Kier alpha value is -6.13. The third-order valence-electron chi connectivity index (χ3n) is 8.94. The summed E-state index contributed by atoms with van der Waals surface area (Å²) >= 11 is 0. The number of nitrogens with zero attached hydrogens (tertiary/aromatic N) is 3. The molecule has 2 heterocycles. The number of halogens is 1. The van der Waals surface area contributed by atoms with Crippen LogP contribution in [0.1, 0.15) is 0 Å². The molecule has 0 amide bonds. The number of rotatable bonds is 5. The SMILES string of the molecule is Fc1ccc(-n2c3ccccc3c3cc(N(c4ccccc4)c4ccc5c6ccccc6n(-c6ccccc6)c5c4)ccc32)cc1. The molecule has 4 heteroatoms. The zero-order valence-corrected chi connectivity index (χ0v) is 24.9. The topological polar surface area (TPSA) is 13.1 Å². The maximum absolute atomic E-state index is 13.9. The van der Waals surface area contributed by atoms with E-state index >= 15 is 0 Å². The average molecular weight is 594 g/mol. The van der Waals surface area contributed by atoms with Crippen LogP contribution >= 0.6 is 0 Å². The van der Waals surface area contributed by atoms with E-state index in [2.05, 4.69) is 160 Å². The van der Waals surface area contributed by atoms with Gasteiger partial charge in [-0.25, -0.2) is 4.39 Å². The number of hydrogen-bond donors (Lipinski definition) is 0. The van der Waals surface area contributed by atoms with Crippen LogP contribution in [0.5, 0.6) is 0 Å². The molecule has 46 heavy (non-hydrogen) atoms. The highest BCUT2D eigenvalue weighted by molar-refractivity contribution is 6.12. The summed E-state index contributed by atoms with van der Waals surface area (Å²) in [6.07, 6.45) is 0. The molecule has 0 saturated heterocycles. The van der Waals surface area contributed by atoms with Crippen molar-refractivity contribution in [3.63, 3.8) is 0 Å². The van der Waals surface area contributed by atoms with E-state index in [1.54, 1.807) is 0 Å². The molecule has 0 atom stereocenters. The van der Waals surface area contributed by atoms with Crippen molar-refractivity contribution in [1.29, 1.82) is 0 Å². The zero-order chi connectivity index (χ0) is 30.6. The van der Waals surface area contributed by atoms with Gasteiger partial charge in [-0.15, -0.1) is 0 Å². The number of benzene rings is 7. The molecule has 0 spiro atoms. The van der Waals surface area contributed by atoms with Gasteiger partial charge in [-0.3, -0.25) is 0 Å². The van der Waals surface area contributed by atoms with E-state index in [1.165, 1.54) is 28.4 Å². The summed E-state index contributed by atoms with van der Waals surface area (Å²) in [5.74, 6) is -0.242. The van der Waals surface area contributed by atoms with Crippen LogP contribution in [0.4, 0.5) is 21.5 Å². The molecule has 0 aliphatic rings. The first-order valence-electron chi connectivity index (χ1n) is 15.5. The summed E-state index contributed by atoms with van der Waals surface area (Å²) < 4.78 is 18.5. The Balaban J connectivity index is 1.29. The first kappa shape index (κ1) is 26.3. The van der Waals surface area contributed by atoms with Crippen LogP contribution in [0.3, 0.4) is 0 Å². The molecule has 0 aliphatic heterocycles. The number of aromatic nitrogens is 2. The molecule has 2 aromatic heterocycles. The molecule has 218 valence electrons. The van der Waals surface area contributed by atoms with Crippen molar-refractivity contribution >= 4 is 60.7 Å². The Morgan fingerprint density at radius 2 is 0.848 bits per heavy atom. The van der Waals surface area contributed by atoms with Gasteiger partial charge in [0.25, 0.3) is 0 Å². The summed E-state index contributed by atoms with van der Waals surface area (Å²) in [6, 6.07) is 58.3. The summed E-state index contributed by atoms with van der Waals surface area (Å²) in [5, 5.41) is 4.73. The summed E-state index contributed by atoms with van der Waals surface area (Å²) in [7, 11) is 0. The van der Waals surface area contributed by atoms with Gasteiger partial charge in [-0.2, -0.15) is 0 Å². The number of fused-ring (bicyclic) bond motifs is 6. The lowest BCUT2D eigenvalue weighted by Gasteiger charge is -2.26. The van der Waals surface area contributed by atoms with Crippen molar-refractivity contribution in [2.24, 2.45) is 0 Å². The molecule has 0 saturated carbocycles. The van der Waals surface area contributed by atoms with Crippen molar-refractivity contribution in [3.05, 3.63) is 176 Å². The van der Waals surface area contributed by atoms with Crippen molar-refractivity contribution in [3.8, 4) is 11.4 Å². The predicted octanol–water partition coefficient (Wildman–Crippen LogP) is 11.5. The van der Waals surface area contributed by atoms with E-state index in [9.17, 15) is 4.39 Å². The van der Waals surface area contributed by atoms with Gasteiger partial charge >= 0.3 is 0 Å². The molecule has 0 aliphatic carbocycles. The number of hydrogen-bond acceptors (Lipinski definition) is 1. The summed E-state index contributed by atoms with van der Waals surface area (Å²) in [6.45, 7) is 0. The fourth-order valence-electron chi connectivity index (χ4n) is 6.95. The molecule has 9 aromatic rings. The molecule has 0 radical (unpaired) electrons. The lowest BCUT2D eigenvalue weighted by molar-refractivity contribution is 0.627. The molecule has 0 fully saturated rings. The third-order valence-corrected chi connectivity index (χ3v) is 8.94. The fourth-order valence-corrected chi connectivity index (χ4v) is 6.95. The highest BCUT2D eigenvalue weighted by Gasteiger charge is 2.19. The van der Waals surface area contributed by atoms with E-state index in [0.29, 0.717) is 0 Å². The molecule has 7 aromatic carbocycles. The molecule has 9 rings (SSSR count). The minimum Gasteiger partial charge on any atom is -0.310 e. The van der Waals surface area contributed by atoms with Crippen molar-refractivity contribution in [2.45, 2.75) is 0 Å². The molecule has 0 unspecified atom stereocenters. The third kappa shape index (κ3) is 4.11. The maximum Gasteiger partial charge on any atom is 0.123 e. The van der Waals surface area contributed by atoms with E-state index in [-0.39, 0.29) is 5.82 Å². The first-order chi connectivity index (χ1) is 22.7. The lowest BCUT2D eigenvalue weighted by atomic mass is 10.1. The van der Waals surface area contributed by atoms with Crippen molar-refractivity contribution in [1.82, 2.24) is 9.13 Å². The van der Waals surface area contributed by atoms with Crippen LogP contribution in [0.25, 0.3) is 55.0 Å². The minimum absolute atomic E-state index is 0.242. The van der Waals surface area contributed by atoms with Gasteiger partial charge < -0.3 is 14.0 Å². The second-order valence-electron chi connectivity index (χ2n) is 11.6. The van der Waals surface area contributed by atoms with E-state index in [0.717, 1.165) is 55.8 Å². The van der Waals surface area contributed by atoms with E-state index < -0.39 is 0 Å². The van der Waals surface area contributed by atoms with Crippen LogP contribution in [-0.2, 0) is 0 Å². The number of para-hydroxylation sites is 4. The maximum atomic E-state index is 13.9. The Labute approximate surface area is 265 Å². The highest BCUT2D eigenvalue weighted by atomic mass is 19.1. The van der Waals surface area contributed by atoms with Gasteiger partial charge in [0.1, 0.15) is 5.82 Å². The van der Waals surface area contributed by atoms with Gasteiger partial charge in [0.05, 0.1) is 22.1 Å². The Morgan fingerprint density at radius 3 is 1.57 bits per heavy atom. The average Bonchev–Trinajstić information content (AvgIpc) is 3.62. The fraction of sp³-hybridized carbons (Fsp3) is 0. The van der Waals surface area contributed by atoms with E-state index in [4.69, 9.17) is 0 Å². The second kappa shape index (κ2) is 10.5. The molecule has 0 bridgehead atoms. The monoisotopic (exact) mass is 593 g/mol. The van der Waals surface area contributed by atoms with Gasteiger partial charge in [0.15, 0.2) is 0 Å². The van der Waals surface area contributed by atoms with Crippen LogP contribution in [0.2, 0.25) is 0 Å². The van der Waals surface area contributed by atoms with Gasteiger partial charge in [-0.1, -0.05) is 78.9 Å². The summed E-state index contributed by atoms with van der Waals surface area (Å²) in [5.41, 5.74) is 9.76. The smallest absolute Gasteiger partial charge is 0.123 e. The molecular weight excluding hydrogens is 565 g/mol. The lowest BCUT2D eigenvalue weighted by Crippen LogP contribution is -2.10. The predicted molar refractivity (Wildman–Crippen MR) is 190 cm³/mol. The standard InChI is InChI=1S/C42H28FN3/c43-29-19-21-32(22-20-29)45-40-18-10-8-16-36(40)38-27-33(24-26-41(38)45)44(30-11-3-1-4-12-30)34-23-25-37-35-15-7-9-17-39(35)46(42(37)28-34)31-13-5-2-6-14-31/h1-28H. The first-order valence-corrected chi connectivity index (χ1v) is 15.5. The normalized spacial score (nSPS) is 11.6. The van der Waals surface area contributed by atoms with Crippen LogP contribution in [0.15, 0.2) is 170 Å². The van der Waals surface area contributed by atoms with Gasteiger partial charge in [-0.05, 0) is 91.0 Å². The quantitative estimate of drug-likeness (QED) is 0.193. The largest absolute Gasteiger partial charge is 0.310 e. The van der Waals surface area contributed by atoms with Crippen molar-refractivity contribution in [2.75, 3.05) is 4.90 Å². The van der Waals surface area contributed by atoms with Gasteiger partial charge in [0, 0.05) is 50.0 Å². The minimum atomic E-state index is -0.242. The van der Waals surface area contributed by atoms with E-state index in [1.807, 2.05) is 12.1 Å². The molecular formula is C42H28FN3. The second-order valence-corrected chi connectivity index (χ2v) is 11.6. The zero-order valence-electron chi connectivity index (χ0n) is 24.9. The Kier molecular flexibility index (Phi) is 6.00. The summed E-state index contributed by atoms with van der Waals surface area (Å²) in [4.78, 5) is 2.33. The molecule has 3 nitrogen and oxygen atoms in total. The van der Waals surface area contributed by atoms with Crippen LogP contribution in [0, 0.1) is 5.82 Å². The Morgan fingerprint density at radius 1 is 0.348 bits per heavy atom. The Bertz CT molecular complexity index is 2530. The van der Waals surface area contributed by atoms with Gasteiger partial charge in [0.2, 0.25) is 0 Å².